The van der Waals surface area contributed by atoms with Crippen LogP contribution in [0.1, 0.15) is 61.3 Å². The molecule has 1 heterocycles. The van der Waals surface area contributed by atoms with Gasteiger partial charge in [-0.1, -0.05) is 74.0 Å². The van der Waals surface area contributed by atoms with Crippen LogP contribution in [0.15, 0.2) is 79.0 Å². The lowest BCUT2D eigenvalue weighted by Gasteiger charge is -2.25. The van der Waals surface area contributed by atoms with E-state index in [-0.39, 0.29) is 17.6 Å². The van der Waals surface area contributed by atoms with E-state index in [1.807, 2.05) is 23.1 Å². The molecule has 0 aliphatic rings. The number of nitrogens with zero attached hydrogens (tertiary/aromatic N) is 2. The molecule has 3 nitrogen and oxygen atoms in total. The Balaban J connectivity index is 1.77. The fraction of sp³-hybridized carbons (Fsp3) is 0.323. The van der Waals surface area contributed by atoms with Crippen molar-refractivity contribution in [2.45, 2.75) is 52.5 Å². The SMILES string of the molecule is CCCN(CCC)C(=O)C[C@@H](c1ccc(F)cc1)c1cn(Cc2ccc(C)cc2)c2ccccc12. The summed E-state index contributed by atoms with van der Waals surface area (Å²) in [6.45, 7) is 8.58. The number of hydrogen-bond donors (Lipinski definition) is 0. The van der Waals surface area contributed by atoms with E-state index in [0.29, 0.717) is 6.42 Å². The minimum atomic E-state index is -0.265. The summed E-state index contributed by atoms with van der Waals surface area (Å²) in [7, 11) is 0. The Hall–Kier alpha value is -3.40. The number of rotatable bonds is 10. The van der Waals surface area contributed by atoms with Crippen molar-refractivity contribution in [3.05, 3.63) is 107 Å². The van der Waals surface area contributed by atoms with E-state index in [2.05, 4.69) is 74.0 Å². The predicted molar refractivity (Wildman–Crippen MR) is 142 cm³/mol. The fourth-order valence-electron chi connectivity index (χ4n) is 4.88. The van der Waals surface area contributed by atoms with Gasteiger partial charge in [-0.2, -0.15) is 0 Å². The third-order valence-corrected chi connectivity index (χ3v) is 6.66. The van der Waals surface area contributed by atoms with Crippen LogP contribution in [0.5, 0.6) is 0 Å². The quantitative estimate of drug-likeness (QED) is 0.239. The lowest BCUT2D eigenvalue weighted by molar-refractivity contribution is -0.131. The first kappa shape index (κ1) is 24.7. The lowest BCUT2D eigenvalue weighted by atomic mass is 9.87. The largest absolute Gasteiger partial charge is 0.343 e. The normalized spacial score (nSPS) is 12.1. The fourth-order valence-corrected chi connectivity index (χ4v) is 4.88. The molecule has 35 heavy (non-hydrogen) atoms. The van der Waals surface area contributed by atoms with Crippen LogP contribution in [0.2, 0.25) is 0 Å². The number of carbonyl (C=O) groups excluding carboxylic acids is 1. The van der Waals surface area contributed by atoms with Gasteiger partial charge in [-0.05, 0) is 54.7 Å². The van der Waals surface area contributed by atoms with E-state index in [9.17, 15) is 9.18 Å². The number of halogens is 1. The minimum absolute atomic E-state index is 0.150. The molecule has 1 aromatic heterocycles. The molecule has 4 rings (SSSR count). The Morgan fingerprint density at radius 1 is 0.914 bits per heavy atom. The molecule has 4 aromatic rings. The second-order valence-electron chi connectivity index (χ2n) is 9.40. The van der Waals surface area contributed by atoms with Gasteiger partial charge in [-0.3, -0.25) is 4.79 Å². The smallest absolute Gasteiger partial charge is 0.223 e. The predicted octanol–water partition coefficient (Wildman–Crippen LogP) is 7.31. The standard InChI is InChI=1S/C31H35FN2O/c1-4-18-33(19-5-2)31(35)20-28(25-14-16-26(32)17-15-25)29-22-34(30-9-7-6-8-27(29)30)21-24-12-10-23(3)11-13-24/h6-17,22,28H,4-5,18-21H2,1-3H3/t28-/m0/s1. The molecule has 0 saturated heterocycles. The van der Waals surface area contributed by atoms with Gasteiger partial charge in [-0.25, -0.2) is 4.39 Å². The molecular weight excluding hydrogens is 435 g/mol. The first-order valence-electron chi connectivity index (χ1n) is 12.7. The van der Waals surface area contributed by atoms with Gasteiger partial charge in [0.05, 0.1) is 0 Å². The Morgan fingerprint density at radius 3 is 2.23 bits per heavy atom. The van der Waals surface area contributed by atoms with Crippen LogP contribution >= 0.6 is 0 Å². The summed E-state index contributed by atoms with van der Waals surface area (Å²) < 4.78 is 16.1. The van der Waals surface area contributed by atoms with E-state index in [0.717, 1.165) is 54.5 Å². The number of aromatic nitrogens is 1. The van der Waals surface area contributed by atoms with Crippen LogP contribution in [-0.4, -0.2) is 28.5 Å². The molecule has 0 aliphatic heterocycles. The third kappa shape index (κ3) is 5.82. The molecule has 0 bridgehead atoms. The van der Waals surface area contributed by atoms with Crippen molar-refractivity contribution in [2.24, 2.45) is 0 Å². The Morgan fingerprint density at radius 2 is 1.57 bits per heavy atom. The molecule has 0 N–H and O–H groups in total. The molecule has 0 radical (unpaired) electrons. The summed E-state index contributed by atoms with van der Waals surface area (Å²) in [6.07, 6.45) is 4.42. The molecule has 0 spiro atoms. The van der Waals surface area contributed by atoms with Gasteiger partial charge < -0.3 is 9.47 Å². The Labute approximate surface area is 208 Å². The van der Waals surface area contributed by atoms with E-state index in [1.54, 1.807) is 0 Å². The van der Waals surface area contributed by atoms with Gasteiger partial charge in [0.1, 0.15) is 5.82 Å². The van der Waals surface area contributed by atoms with Crippen molar-refractivity contribution in [1.29, 1.82) is 0 Å². The van der Waals surface area contributed by atoms with Crippen molar-refractivity contribution < 1.29 is 9.18 Å². The number of fused-ring (bicyclic) bond motifs is 1. The van der Waals surface area contributed by atoms with Gasteiger partial charge in [-0.15, -0.1) is 0 Å². The molecule has 182 valence electrons. The molecule has 1 amide bonds. The van der Waals surface area contributed by atoms with Crippen molar-refractivity contribution in [3.63, 3.8) is 0 Å². The Bertz CT molecular complexity index is 1250. The highest BCUT2D eigenvalue weighted by atomic mass is 19.1. The van der Waals surface area contributed by atoms with Crippen LogP contribution in [0.4, 0.5) is 4.39 Å². The van der Waals surface area contributed by atoms with E-state index < -0.39 is 0 Å². The number of amides is 1. The molecule has 4 heteroatoms. The zero-order valence-electron chi connectivity index (χ0n) is 21.0. The van der Waals surface area contributed by atoms with Crippen LogP contribution < -0.4 is 0 Å². The minimum Gasteiger partial charge on any atom is -0.343 e. The maximum atomic E-state index is 13.8. The second kappa shape index (κ2) is 11.4. The van der Waals surface area contributed by atoms with Crippen LogP contribution in [0, 0.1) is 12.7 Å². The zero-order valence-corrected chi connectivity index (χ0v) is 21.0. The summed E-state index contributed by atoms with van der Waals surface area (Å²) in [6, 6.07) is 23.6. The lowest BCUT2D eigenvalue weighted by Crippen LogP contribution is -2.33. The average molecular weight is 471 g/mol. The summed E-state index contributed by atoms with van der Waals surface area (Å²) in [5.74, 6) is -0.263. The number of aryl methyl sites for hydroxylation is 1. The Kier molecular flexibility index (Phi) is 8.02. The molecule has 0 saturated carbocycles. The van der Waals surface area contributed by atoms with Crippen LogP contribution in [0.25, 0.3) is 10.9 Å². The van der Waals surface area contributed by atoms with Crippen LogP contribution in [-0.2, 0) is 11.3 Å². The maximum Gasteiger partial charge on any atom is 0.223 e. The van der Waals surface area contributed by atoms with Gasteiger partial charge in [0.15, 0.2) is 0 Å². The van der Waals surface area contributed by atoms with E-state index >= 15 is 0 Å². The first-order valence-corrected chi connectivity index (χ1v) is 12.7. The van der Waals surface area contributed by atoms with Crippen molar-refractivity contribution in [3.8, 4) is 0 Å². The third-order valence-electron chi connectivity index (χ3n) is 6.66. The van der Waals surface area contributed by atoms with Gasteiger partial charge in [0, 0.05) is 49.1 Å². The monoisotopic (exact) mass is 470 g/mol. The van der Waals surface area contributed by atoms with Gasteiger partial charge in [0.25, 0.3) is 0 Å². The molecular formula is C31H35FN2O. The average Bonchev–Trinajstić information content (AvgIpc) is 3.22. The summed E-state index contributed by atoms with van der Waals surface area (Å²) in [5.41, 5.74) is 5.69. The highest BCUT2D eigenvalue weighted by Gasteiger charge is 2.25. The molecule has 1 atom stereocenters. The van der Waals surface area contributed by atoms with E-state index in [4.69, 9.17) is 0 Å². The van der Waals surface area contributed by atoms with Crippen molar-refractivity contribution in [1.82, 2.24) is 9.47 Å². The molecule has 0 fully saturated rings. The van der Waals surface area contributed by atoms with Gasteiger partial charge in [0.2, 0.25) is 5.91 Å². The molecule has 3 aromatic carbocycles. The summed E-state index contributed by atoms with van der Waals surface area (Å²) >= 11 is 0. The number of para-hydroxylation sites is 1. The number of carbonyl (C=O) groups is 1. The van der Waals surface area contributed by atoms with Crippen molar-refractivity contribution >= 4 is 16.8 Å². The number of benzene rings is 3. The zero-order chi connectivity index (χ0) is 24.8. The number of hydrogen-bond acceptors (Lipinski definition) is 1. The highest BCUT2D eigenvalue weighted by molar-refractivity contribution is 5.87. The highest BCUT2D eigenvalue weighted by Crippen LogP contribution is 2.35. The van der Waals surface area contributed by atoms with E-state index in [1.165, 1.54) is 23.3 Å². The second-order valence-corrected chi connectivity index (χ2v) is 9.40. The summed E-state index contributed by atoms with van der Waals surface area (Å²) in [5, 5.41) is 1.14. The van der Waals surface area contributed by atoms with Crippen LogP contribution in [0.3, 0.4) is 0 Å². The van der Waals surface area contributed by atoms with Crippen molar-refractivity contribution in [2.75, 3.05) is 13.1 Å². The maximum absolute atomic E-state index is 13.8. The first-order chi connectivity index (χ1) is 17.0. The molecule has 0 unspecified atom stereocenters. The topological polar surface area (TPSA) is 25.2 Å². The summed E-state index contributed by atoms with van der Waals surface area (Å²) in [4.78, 5) is 15.4. The van der Waals surface area contributed by atoms with Gasteiger partial charge >= 0.3 is 0 Å². The molecule has 0 aliphatic carbocycles.